The van der Waals surface area contributed by atoms with E-state index in [1.807, 2.05) is 27.2 Å². The molecular weight excluding hydrogens is 948 g/mol. The summed E-state index contributed by atoms with van der Waals surface area (Å²) in [6.45, 7) is 4.68. The van der Waals surface area contributed by atoms with Crippen LogP contribution in [-0.2, 0) is 18.4 Å². The quantitative estimate of drug-likeness (QED) is 0.0272. The standard InChI is InChI=1S/C66H133N2O6P/c1-6-8-10-12-14-16-18-20-21-22-23-24-25-26-27-28-29-30-31-32-33-34-35-36-37-38-39-40-41-42-43-44-45-46-47-48-50-52-54-56-58-60-66(70)67-64(63-74-75(71,72)73-62-61-68(3,4)5)65(69)59-57-55-53-51-49-19-17-15-13-11-9-7-2/h57,59,64-65,69H,6-56,58,60-63H2,1-5H3,(H-,67,70,71,72)/b59-57+. The number of hydrogen-bond donors (Lipinski definition) is 2. The maximum Gasteiger partial charge on any atom is 0.268 e. The van der Waals surface area contributed by atoms with E-state index in [-0.39, 0.29) is 19.1 Å². The average Bonchev–Trinajstić information content (AvgIpc) is 3.37. The molecule has 0 aromatic carbocycles. The van der Waals surface area contributed by atoms with Gasteiger partial charge in [-0.05, 0) is 19.3 Å². The zero-order valence-corrected chi connectivity index (χ0v) is 52.2. The number of carbonyl (C=O) groups is 1. The van der Waals surface area contributed by atoms with Crippen molar-refractivity contribution in [3.63, 3.8) is 0 Å². The normalized spacial score (nSPS) is 13.7. The second kappa shape index (κ2) is 57.9. The molecular formula is C66H133N2O6P. The topological polar surface area (TPSA) is 108 Å². The summed E-state index contributed by atoms with van der Waals surface area (Å²) in [4.78, 5) is 25.5. The number of phosphoric ester groups is 1. The number of carbonyl (C=O) groups excluding carboxylic acids is 1. The predicted molar refractivity (Wildman–Crippen MR) is 326 cm³/mol. The molecule has 0 saturated carbocycles. The van der Waals surface area contributed by atoms with Gasteiger partial charge in [-0.1, -0.05) is 341 Å². The van der Waals surface area contributed by atoms with Gasteiger partial charge >= 0.3 is 0 Å². The van der Waals surface area contributed by atoms with Crippen LogP contribution in [-0.4, -0.2) is 68.5 Å². The van der Waals surface area contributed by atoms with E-state index < -0.39 is 20.0 Å². The van der Waals surface area contributed by atoms with Crippen LogP contribution in [0.15, 0.2) is 12.2 Å². The third kappa shape index (κ3) is 60.7. The van der Waals surface area contributed by atoms with Crippen LogP contribution >= 0.6 is 7.82 Å². The molecule has 0 aromatic rings. The van der Waals surface area contributed by atoms with Crippen molar-refractivity contribution in [2.24, 2.45) is 0 Å². The predicted octanol–water partition coefficient (Wildman–Crippen LogP) is 20.3. The average molecular weight is 1080 g/mol. The van der Waals surface area contributed by atoms with Crippen molar-refractivity contribution in [3.05, 3.63) is 12.2 Å². The van der Waals surface area contributed by atoms with E-state index in [0.29, 0.717) is 17.4 Å². The highest BCUT2D eigenvalue weighted by Gasteiger charge is 2.23. The first-order chi connectivity index (χ1) is 36.5. The van der Waals surface area contributed by atoms with E-state index in [1.54, 1.807) is 6.08 Å². The number of phosphoric acid groups is 1. The highest BCUT2D eigenvalue weighted by Crippen LogP contribution is 2.38. The summed E-state index contributed by atoms with van der Waals surface area (Å²) in [6.07, 6.45) is 73.6. The summed E-state index contributed by atoms with van der Waals surface area (Å²) >= 11 is 0. The Balaban J connectivity index is 3.77. The van der Waals surface area contributed by atoms with Crippen molar-refractivity contribution < 1.29 is 32.9 Å². The smallest absolute Gasteiger partial charge is 0.268 e. The molecule has 3 atom stereocenters. The Hall–Kier alpha value is -0.760. The molecule has 0 rings (SSSR count). The molecule has 0 bridgehead atoms. The fourth-order valence-corrected chi connectivity index (χ4v) is 11.2. The van der Waals surface area contributed by atoms with E-state index in [4.69, 9.17) is 9.05 Å². The number of likely N-dealkylation sites (N-methyl/N-ethyl adjacent to an activating group) is 1. The molecule has 2 N–H and O–H groups in total. The molecule has 0 radical (unpaired) electrons. The van der Waals surface area contributed by atoms with Crippen LogP contribution in [0.5, 0.6) is 0 Å². The largest absolute Gasteiger partial charge is 0.756 e. The van der Waals surface area contributed by atoms with Crippen LogP contribution in [0.25, 0.3) is 0 Å². The number of amides is 1. The van der Waals surface area contributed by atoms with Gasteiger partial charge in [0.1, 0.15) is 13.2 Å². The Morgan fingerprint density at radius 3 is 1.00 bits per heavy atom. The van der Waals surface area contributed by atoms with E-state index in [9.17, 15) is 19.4 Å². The summed E-state index contributed by atoms with van der Waals surface area (Å²) in [5.41, 5.74) is 0. The molecule has 9 heteroatoms. The summed E-state index contributed by atoms with van der Waals surface area (Å²) in [6, 6.07) is -0.881. The molecule has 0 aromatic heterocycles. The molecule has 0 saturated heterocycles. The summed E-state index contributed by atoms with van der Waals surface area (Å²) in [7, 11) is 1.28. The number of rotatable bonds is 63. The zero-order chi connectivity index (χ0) is 54.9. The lowest BCUT2D eigenvalue weighted by atomic mass is 10.0. The first-order valence-electron chi connectivity index (χ1n) is 33.6. The van der Waals surface area contributed by atoms with E-state index in [1.165, 1.54) is 295 Å². The van der Waals surface area contributed by atoms with Crippen molar-refractivity contribution in [2.75, 3.05) is 40.9 Å². The maximum absolute atomic E-state index is 13.0. The third-order valence-electron chi connectivity index (χ3n) is 15.7. The number of allylic oxidation sites excluding steroid dienone is 1. The van der Waals surface area contributed by atoms with Crippen LogP contribution in [0.4, 0.5) is 0 Å². The molecule has 0 heterocycles. The Bertz CT molecular complexity index is 1230. The van der Waals surface area contributed by atoms with Crippen LogP contribution < -0.4 is 10.2 Å². The molecule has 1 amide bonds. The molecule has 0 aliphatic rings. The molecule has 3 unspecified atom stereocenters. The number of nitrogens with zero attached hydrogens (tertiary/aromatic N) is 1. The van der Waals surface area contributed by atoms with Crippen LogP contribution in [0.2, 0.25) is 0 Å². The molecule has 75 heavy (non-hydrogen) atoms. The Morgan fingerprint density at radius 1 is 0.453 bits per heavy atom. The van der Waals surface area contributed by atoms with Crippen molar-refractivity contribution >= 4 is 13.7 Å². The molecule has 0 aliphatic heterocycles. The molecule has 0 aliphatic carbocycles. The Kier molecular flexibility index (Phi) is 57.3. The van der Waals surface area contributed by atoms with Crippen LogP contribution in [0.3, 0.4) is 0 Å². The lowest BCUT2D eigenvalue weighted by molar-refractivity contribution is -0.870. The monoisotopic (exact) mass is 1080 g/mol. The SMILES string of the molecule is CCCCCCCCCCCC/C=C/C(O)C(COP(=O)([O-])OCC[N+](C)(C)C)NC(=O)CCCCCCCCCCCCCCCCCCCCCCCCCCCCCCCCCCCCCCCCCCC. The minimum Gasteiger partial charge on any atom is -0.756 e. The van der Waals surface area contributed by atoms with Gasteiger partial charge in [0, 0.05) is 6.42 Å². The first-order valence-corrected chi connectivity index (χ1v) is 35.0. The van der Waals surface area contributed by atoms with Crippen molar-refractivity contribution in [1.29, 1.82) is 0 Å². The van der Waals surface area contributed by atoms with Crippen LogP contribution in [0.1, 0.15) is 354 Å². The fraction of sp³-hybridized carbons (Fsp3) is 0.955. The highest BCUT2D eigenvalue weighted by molar-refractivity contribution is 7.45. The molecule has 448 valence electrons. The minimum absolute atomic E-state index is 0.00240. The highest BCUT2D eigenvalue weighted by atomic mass is 31.2. The number of aliphatic hydroxyl groups excluding tert-OH is 1. The second-order valence-corrected chi connectivity index (χ2v) is 26.0. The minimum atomic E-state index is -4.59. The van der Waals surface area contributed by atoms with Gasteiger partial charge in [-0.25, -0.2) is 0 Å². The zero-order valence-electron chi connectivity index (χ0n) is 51.3. The van der Waals surface area contributed by atoms with Gasteiger partial charge in [0.05, 0.1) is 39.9 Å². The van der Waals surface area contributed by atoms with Crippen LogP contribution in [0, 0.1) is 0 Å². The van der Waals surface area contributed by atoms with E-state index in [0.717, 1.165) is 38.5 Å². The van der Waals surface area contributed by atoms with Crippen molar-refractivity contribution in [1.82, 2.24) is 5.32 Å². The van der Waals surface area contributed by atoms with Crippen molar-refractivity contribution in [3.8, 4) is 0 Å². The van der Waals surface area contributed by atoms with Crippen molar-refractivity contribution in [2.45, 2.75) is 366 Å². The lowest BCUT2D eigenvalue weighted by Gasteiger charge is -2.29. The number of quaternary nitrogens is 1. The van der Waals surface area contributed by atoms with Gasteiger partial charge in [0.15, 0.2) is 0 Å². The van der Waals surface area contributed by atoms with Gasteiger partial charge < -0.3 is 28.8 Å². The van der Waals surface area contributed by atoms with Gasteiger partial charge in [0.25, 0.3) is 7.82 Å². The van der Waals surface area contributed by atoms with Gasteiger partial charge in [-0.3, -0.25) is 9.36 Å². The number of aliphatic hydroxyl groups is 1. The summed E-state index contributed by atoms with van der Waals surface area (Å²) in [5.74, 6) is -0.191. The van der Waals surface area contributed by atoms with E-state index in [2.05, 4.69) is 19.2 Å². The number of nitrogens with one attached hydrogen (secondary N) is 1. The van der Waals surface area contributed by atoms with E-state index >= 15 is 0 Å². The Morgan fingerprint density at radius 2 is 0.720 bits per heavy atom. The molecule has 0 spiro atoms. The summed E-state index contributed by atoms with van der Waals surface area (Å²) in [5, 5.41) is 13.9. The fourth-order valence-electron chi connectivity index (χ4n) is 10.5. The third-order valence-corrected chi connectivity index (χ3v) is 16.7. The first kappa shape index (κ1) is 74.2. The number of hydrogen-bond acceptors (Lipinski definition) is 6. The Labute approximate surface area is 469 Å². The lowest BCUT2D eigenvalue weighted by Crippen LogP contribution is -2.45. The maximum atomic E-state index is 13.0. The summed E-state index contributed by atoms with van der Waals surface area (Å²) < 4.78 is 23.3. The number of unbranched alkanes of at least 4 members (excludes halogenated alkanes) is 50. The second-order valence-electron chi connectivity index (χ2n) is 24.5. The molecule has 8 nitrogen and oxygen atoms in total. The van der Waals surface area contributed by atoms with Gasteiger partial charge in [-0.15, -0.1) is 0 Å². The van der Waals surface area contributed by atoms with Gasteiger partial charge in [-0.2, -0.15) is 0 Å². The van der Waals surface area contributed by atoms with Gasteiger partial charge in [0.2, 0.25) is 5.91 Å². The molecule has 0 fully saturated rings.